The molecule has 4 aliphatic carbocycles. The van der Waals surface area contributed by atoms with Crippen molar-refractivity contribution in [3.8, 4) is 0 Å². The van der Waals surface area contributed by atoms with E-state index in [1.165, 1.54) is 19.3 Å². The summed E-state index contributed by atoms with van der Waals surface area (Å²) in [4.78, 5) is 0. The zero-order valence-corrected chi connectivity index (χ0v) is 20.8. The first kappa shape index (κ1) is 23.8. The second-order valence-electron chi connectivity index (χ2n) is 12.9. The fourth-order valence-corrected chi connectivity index (χ4v) is 8.87. The molecule has 0 heterocycles. The summed E-state index contributed by atoms with van der Waals surface area (Å²) in [7, 11) is 0. The Kier molecular flexibility index (Phi) is 6.24. The van der Waals surface area contributed by atoms with Gasteiger partial charge >= 0.3 is 0 Å². The predicted molar refractivity (Wildman–Crippen MR) is 126 cm³/mol. The Morgan fingerprint density at radius 3 is 2.26 bits per heavy atom. The molecule has 3 N–H and O–H groups in total. The monoisotopic (exact) mass is 432 g/mol. The van der Waals surface area contributed by atoms with Crippen LogP contribution in [0.1, 0.15) is 92.9 Å². The van der Waals surface area contributed by atoms with E-state index in [0.717, 1.165) is 19.3 Å². The molecule has 0 spiro atoms. The molecule has 0 aromatic carbocycles. The van der Waals surface area contributed by atoms with Crippen molar-refractivity contribution in [3.63, 3.8) is 0 Å². The summed E-state index contributed by atoms with van der Waals surface area (Å²) in [5.74, 6) is 4.24. The average molecular weight is 433 g/mol. The normalized spacial score (nSPS) is 51.9. The van der Waals surface area contributed by atoms with Crippen molar-refractivity contribution < 1.29 is 15.3 Å². The minimum absolute atomic E-state index is 0.272. The fourth-order valence-electron chi connectivity index (χ4n) is 8.87. The second-order valence-corrected chi connectivity index (χ2v) is 12.9. The molecule has 4 fully saturated rings. The second kappa shape index (κ2) is 8.13. The topological polar surface area (TPSA) is 60.7 Å². The van der Waals surface area contributed by atoms with Crippen LogP contribution in [0.2, 0.25) is 0 Å². The molecule has 11 atom stereocenters. The Morgan fingerprint density at radius 1 is 0.871 bits per heavy atom. The molecule has 0 radical (unpaired) electrons. The smallest absolute Gasteiger partial charge is 0.0985 e. The van der Waals surface area contributed by atoms with Crippen molar-refractivity contribution in [3.05, 3.63) is 12.2 Å². The Labute approximate surface area is 190 Å². The standard InChI is InChI=1S/C28H48O3/c1-17(2)18(3)7-8-19(4)22-9-10-23-21-15-25(30)28(31)16-20(29)11-14-27(28,6)24(21)12-13-26(22,23)5/h7-8,17-25,29-31H,9-16H2,1-6H3. The number of rotatable bonds is 4. The SMILES string of the molecule is CC(C)C(C)C=CC(C)C1CCC2C3CC(O)C4(O)CC(O)CCC4(C)C3CCC12C. The van der Waals surface area contributed by atoms with Crippen LogP contribution in [-0.4, -0.2) is 33.1 Å². The van der Waals surface area contributed by atoms with Crippen molar-refractivity contribution in [2.75, 3.05) is 0 Å². The van der Waals surface area contributed by atoms with E-state index in [-0.39, 0.29) is 5.41 Å². The van der Waals surface area contributed by atoms with Gasteiger partial charge in [-0.3, -0.25) is 0 Å². The van der Waals surface area contributed by atoms with Crippen LogP contribution in [0.5, 0.6) is 0 Å². The van der Waals surface area contributed by atoms with E-state index < -0.39 is 17.8 Å². The van der Waals surface area contributed by atoms with Crippen molar-refractivity contribution in [2.45, 2.75) is 111 Å². The van der Waals surface area contributed by atoms with Gasteiger partial charge in [0.2, 0.25) is 0 Å². The van der Waals surface area contributed by atoms with Gasteiger partial charge in [-0.15, -0.1) is 0 Å². The number of hydrogen-bond donors (Lipinski definition) is 3. The van der Waals surface area contributed by atoms with Gasteiger partial charge in [-0.25, -0.2) is 0 Å². The third-order valence-corrected chi connectivity index (χ3v) is 11.3. The van der Waals surface area contributed by atoms with Crippen LogP contribution in [0.3, 0.4) is 0 Å². The van der Waals surface area contributed by atoms with Crippen LogP contribution in [0.4, 0.5) is 0 Å². The molecule has 0 aromatic heterocycles. The Hall–Kier alpha value is -0.380. The van der Waals surface area contributed by atoms with Gasteiger partial charge < -0.3 is 15.3 Å². The molecule has 0 amide bonds. The zero-order valence-electron chi connectivity index (χ0n) is 20.8. The van der Waals surface area contributed by atoms with E-state index in [9.17, 15) is 15.3 Å². The molecule has 4 saturated carbocycles. The van der Waals surface area contributed by atoms with Crippen molar-refractivity contribution in [1.29, 1.82) is 0 Å². The van der Waals surface area contributed by atoms with Crippen molar-refractivity contribution in [1.82, 2.24) is 0 Å². The van der Waals surface area contributed by atoms with Crippen LogP contribution in [0, 0.1) is 52.3 Å². The van der Waals surface area contributed by atoms with E-state index in [1.54, 1.807) is 0 Å². The van der Waals surface area contributed by atoms with E-state index in [2.05, 4.69) is 53.7 Å². The van der Waals surface area contributed by atoms with Gasteiger partial charge in [0.1, 0.15) is 0 Å². The maximum atomic E-state index is 11.6. The van der Waals surface area contributed by atoms with Gasteiger partial charge in [-0.1, -0.05) is 53.7 Å². The molecule has 0 bridgehead atoms. The lowest BCUT2D eigenvalue weighted by molar-refractivity contribution is -0.264. The summed E-state index contributed by atoms with van der Waals surface area (Å²) in [6, 6.07) is 0. The summed E-state index contributed by atoms with van der Waals surface area (Å²) in [5.41, 5.74) is -1.06. The highest BCUT2D eigenvalue weighted by Gasteiger charge is 2.67. The number of hydrogen-bond acceptors (Lipinski definition) is 3. The maximum Gasteiger partial charge on any atom is 0.0985 e. The molecule has 3 heteroatoms. The highest BCUT2D eigenvalue weighted by atomic mass is 16.3. The number of aliphatic hydroxyl groups is 3. The van der Waals surface area contributed by atoms with Gasteiger partial charge in [-0.05, 0) is 91.8 Å². The summed E-state index contributed by atoms with van der Waals surface area (Å²) < 4.78 is 0. The fraction of sp³-hybridized carbons (Fsp3) is 0.929. The quantitative estimate of drug-likeness (QED) is 0.509. The molecule has 3 nitrogen and oxygen atoms in total. The Bertz CT molecular complexity index is 688. The van der Waals surface area contributed by atoms with Gasteiger partial charge in [0.15, 0.2) is 0 Å². The third kappa shape index (κ3) is 3.56. The molecule has 0 saturated heterocycles. The predicted octanol–water partition coefficient (Wildman–Crippen LogP) is 5.58. The van der Waals surface area contributed by atoms with Crippen LogP contribution < -0.4 is 0 Å². The summed E-state index contributed by atoms with van der Waals surface area (Å²) in [5, 5.41) is 33.1. The summed E-state index contributed by atoms with van der Waals surface area (Å²) >= 11 is 0. The number of allylic oxidation sites excluding steroid dienone is 2. The molecular weight excluding hydrogens is 384 g/mol. The highest BCUT2D eigenvalue weighted by molar-refractivity contribution is 5.17. The average Bonchev–Trinajstić information content (AvgIpc) is 3.05. The maximum absolute atomic E-state index is 11.6. The lowest BCUT2D eigenvalue weighted by Crippen LogP contribution is -2.68. The van der Waals surface area contributed by atoms with Gasteiger partial charge in [0.05, 0.1) is 17.8 Å². The lowest BCUT2D eigenvalue weighted by atomic mass is 9.42. The van der Waals surface area contributed by atoms with Crippen LogP contribution >= 0.6 is 0 Å². The molecule has 4 rings (SSSR count). The van der Waals surface area contributed by atoms with Gasteiger partial charge in [0.25, 0.3) is 0 Å². The molecule has 0 aliphatic heterocycles. The van der Waals surface area contributed by atoms with Crippen LogP contribution in [-0.2, 0) is 0 Å². The third-order valence-electron chi connectivity index (χ3n) is 11.3. The van der Waals surface area contributed by atoms with E-state index in [0.29, 0.717) is 59.7 Å². The largest absolute Gasteiger partial charge is 0.393 e. The van der Waals surface area contributed by atoms with E-state index in [4.69, 9.17) is 0 Å². The minimum Gasteiger partial charge on any atom is -0.393 e. The first-order valence-electron chi connectivity index (χ1n) is 13.2. The van der Waals surface area contributed by atoms with Crippen LogP contribution in [0.25, 0.3) is 0 Å². The molecule has 11 unspecified atom stereocenters. The molecule has 178 valence electrons. The first-order chi connectivity index (χ1) is 14.4. The highest BCUT2D eigenvalue weighted by Crippen LogP contribution is 2.69. The molecule has 0 aromatic rings. The molecule has 31 heavy (non-hydrogen) atoms. The number of aliphatic hydroxyl groups excluding tert-OH is 2. The van der Waals surface area contributed by atoms with Crippen molar-refractivity contribution >= 4 is 0 Å². The molecular formula is C28H48O3. The summed E-state index contributed by atoms with van der Waals surface area (Å²) in [6.07, 6.45) is 11.4. The van der Waals surface area contributed by atoms with Crippen LogP contribution in [0.15, 0.2) is 12.2 Å². The Morgan fingerprint density at radius 2 is 1.58 bits per heavy atom. The van der Waals surface area contributed by atoms with Gasteiger partial charge in [0, 0.05) is 11.8 Å². The van der Waals surface area contributed by atoms with E-state index in [1.807, 2.05) is 0 Å². The summed E-state index contributed by atoms with van der Waals surface area (Å²) in [6.45, 7) is 14.1. The zero-order chi connectivity index (χ0) is 22.8. The number of fused-ring (bicyclic) bond motifs is 5. The Balaban J connectivity index is 1.56. The minimum atomic E-state index is -1.12. The molecule has 4 aliphatic rings. The van der Waals surface area contributed by atoms with E-state index >= 15 is 0 Å². The van der Waals surface area contributed by atoms with Crippen molar-refractivity contribution in [2.24, 2.45) is 52.3 Å². The lowest BCUT2D eigenvalue weighted by Gasteiger charge is -2.65. The van der Waals surface area contributed by atoms with Gasteiger partial charge in [-0.2, -0.15) is 0 Å². The first-order valence-corrected chi connectivity index (χ1v) is 13.2.